The van der Waals surface area contributed by atoms with Crippen LogP contribution in [0.15, 0.2) is 66.9 Å². The summed E-state index contributed by atoms with van der Waals surface area (Å²) in [6.07, 6.45) is 1.44. The van der Waals surface area contributed by atoms with E-state index < -0.39 is 12.6 Å². The molecule has 0 saturated heterocycles. The van der Waals surface area contributed by atoms with Crippen molar-refractivity contribution in [3.8, 4) is 28.4 Å². The first-order valence-corrected chi connectivity index (χ1v) is 7.06. The summed E-state index contributed by atoms with van der Waals surface area (Å²) < 4.78 is 5.15. The minimum absolute atomic E-state index is 0.186. The maximum Gasteiger partial charge on any atom is 0.341 e. The number of aliphatic carboxylic acids is 1. The highest BCUT2D eigenvalue weighted by Crippen LogP contribution is 2.29. The highest BCUT2D eigenvalue weighted by Gasteiger charge is 2.13. The van der Waals surface area contributed by atoms with Crippen LogP contribution in [0.25, 0.3) is 22.5 Å². The number of ether oxygens (including phenoxy) is 1. The molecule has 0 aliphatic carbocycles. The van der Waals surface area contributed by atoms with Gasteiger partial charge in [0.15, 0.2) is 6.61 Å². The second-order valence-corrected chi connectivity index (χ2v) is 4.82. The van der Waals surface area contributed by atoms with Crippen LogP contribution in [0.2, 0.25) is 0 Å². The third kappa shape index (κ3) is 3.52. The van der Waals surface area contributed by atoms with Gasteiger partial charge in [-0.15, -0.1) is 0 Å². The third-order valence-electron chi connectivity index (χ3n) is 3.19. The molecule has 0 fully saturated rings. The molecule has 1 aromatic heterocycles. The summed E-state index contributed by atoms with van der Waals surface area (Å²) in [6.45, 7) is -0.451. The number of nitrogens with zero attached hydrogens (tertiary/aromatic N) is 2. The fourth-order valence-electron chi connectivity index (χ4n) is 2.18. The molecule has 0 bridgehead atoms. The van der Waals surface area contributed by atoms with Crippen LogP contribution in [0, 0.1) is 0 Å². The van der Waals surface area contributed by atoms with Crippen molar-refractivity contribution in [2.24, 2.45) is 0 Å². The third-order valence-corrected chi connectivity index (χ3v) is 3.19. The number of aromatic nitrogens is 2. The molecule has 0 atom stereocenters. The van der Waals surface area contributed by atoms with Crippen LogP contribution in [-0.2, 0) is 4.79 Å². The van der Waals surface area contributed by atoms with Crippen molar-refractivity contribution in [1.82, 2.24) is 9.97 Å². The molecule has 3 rings (SSSR count). The van der Waals surface area contributed by atoms with Gasteiger partial charge in [0.25, 0.3) is 0 Å². The van der Waals surface area contributed by atoms with Crippen molar-refractivity contribution in [2.45, 2.75) is 0 Å². The molecule has 23 heavy (non-hydrogen) atoms. The van der Waals surface area contributed by atoms with E-state index in [2.05, 4.69) is 9.97 Å². The van der Waals surface area contributed by atoms with Crippen LogP contribution in [0.3, 0.4) is 0 Å². The standard InChI is InChI=1S/C18H14N2O3/c21-16(22)12-23-15-11-19-17(13-7-3-1-4-8-13)18(20-15)14-9-5-2-6-10-14/h1-11H,12H2,(H,21,22). The van der Waals surface area contributed by atoms with Gasteiger partial charge in [0.2, 0.25) is 5.88 Å². The molecule has 0 saturated carbocycles. The first-order valence-electron chi connectivity index (χ1n) is 7.06. The Bertz CT molecular complexity index is 805. The van der Waals surface area contributed by atoms with Gasteiger partial charge in [0.05, 0.1) is 11.9 Å². The Balaban J connectivity index is 2.07. The lowest BCUT2D eigenvalue weighted by Gasteiger charge is -2.10. The molecule has 0 aliphatic rings. The first kappa shape index (κ1) is 14.7. The van der Waals surface area contributed by atoms with E-state index in [1.54, 1.807) is 0 Å². The molecule has 1 N–H and O–H groups in total. The summed E-state index contributed by atoms with van der Waals surface area (Å²) in [4.78, 5) is 19.5. The average Bonchev–Trinajstić information content (AvgIpc) is 2.61. The molecule has 0 amide bonds. The maximum absolute atomic E-state index is 10.6. The van der Waals surface area contributed by atoms with Crippen LogP contribution >= 0.6 is 0 Å². The molecule has 3 aromatic rings. The van der Waals surface area contributed by atoms with Crippen LogP contribution in [-0.4, -0.2) is 27.7 Å². The Hall–Kier alpha value is -3.21. The van der Waals surface area contributed by atoms with Crippen molar-refractivity contribution in [3.63, 3.8) is 0 Å². The second kappa shape index (κ2) is 6.70. The number of carbonyl (C=O) groups is 1. The van der Waals surface area contributed by atoms with Crippen molar-refractivity contribution in [1.29, 1.82) is 0 Å². The van der Waals surface area contributed by atoms with Gasteiger partial charge in [-0.3, -0.25) is 0 Å². The topological polar surface area (TPSA) is 72.3 Å². The van der Waals surface area contributed by atoms with Gasteiger partial charge in [-0.1, -0.05) is 60.7 Å². The fraction of sp³-hybridized carbons (Fsp3) is 0.0556. The minimum Gasteiger partial charge on any atom is -0.479 e. The zero-order valence-electron chi connectivity index (χ0n) is 12.2. The zero-order valence-corrected chi connectivity index (χ0v) is 12.2. The van der Waals surface area contributed by atoms with E-state index in [9.17, 15) is 4.79 Å². The largest absolute Gasteiger partial charge is 0.479 e. The van der Waals surface area contributed by atoms with Gasteiger partial charge in [-0.05, 0) is 0 Å². The van der Waals surface area contributed by atoms with E-state index in [1.807, 2.05) is 60.7 Å². The van der Waals surface area contributed by atoms with E-state index in [4.69, 9.17) is 9.84 Å². The van der Waals surface area contributed by atoms with E-state index in [1.165, 1.54) is 6.20 Å². The summed E-state index contributed by atoms with van der Waals surface area (Å²) in [5.41, 5.74) is 3.20. The van der Waals surface area contributed by atoms with Crippen molar-refractivity contribution in [3.05, 3.63) is 66.9 Å². The summed E-state index contributed by atoms with van der Waals surface area (Å²) in [5, 5.41) is 8.72. The van der Waals surface area contributed by atoms with Crippen molar-refractivity contribution >= 4 is 5.97 Å². The zero-order chi connectivity index (χ0) is 16.1. The van der Waals surface area contributed by atoms with E-state index >= 15 is 0 Å². The smallest absolute Gasteiger partial charge is 0.341 e. The summed E-state index contributed by atoms with van der Waals surface area (Å²) >= 11 is 0. The van der Waals surface area contributed by atoms with Crippen LogP contribution in [0.4, 0.5) is 0 Å². The Morgan fingerprint density at radius 2 is 1.48 bits per heavy atom. The van der Waals surface area contributed by atoms with Crippen molar-refractivity contribution < 1.29 is 14.6 Å². The highest BCUT2D eigenvalue weighted by atomic mass is 16.5. The molecule has 5 heteroatoms. The molecular formula is C18H14N2O3. The van der Waals surface area contributed by atoms with Gasteiger partial charge in [-0.25, -0.2) is 14.8 Å². The Morgan fingerprint density at radius 1 is 0.913 bits per heavy atom. The molecule has 0 unspecified atom stereocenters. The lowest BCUT2D eigenvalue weighted by atomic mass is 10.0. The van der Waals surface area contributed by atoms with Crippen LogP contribution < -0.4 is 4.74 Å². The lowest BCUT2D eigenvalue weighted by Crippen LogP contribution is -2.11. The number of carboxylic acid groups (broad SMARTS) is 1. The predicted molar refractivity (Wildman–Crippen MR) is 86.0 cm³/mol. The van der Waals surface area contributed by atoms with Gasteiger partial charge in [0, 0.05) is 11.1 Å². The quantitative estimate of drug-likeness (QED) is 0.783. The second-order valence-electron chi connectivity index (χ2n) is 4.82. The lowest BCUT2D eigenvalue weighted by molar-refractivity contribution is -0.139. The summed E-state index contributed by atoms with van der Waals surface area (Å²) in [7, 11) is 0. The van der Waals surface area contributed by atoms with Gasteiger partial charge >= 0.3 is 5.97 Å². The molecular weight excluding hydrogens is 292 g/mol. The average molecular weight is 306 g/mol. The van der Waals surface area contributed by atoms with Gasteiger partial charge < -0.3 is 9.84 Å². The summed E-state index contributed by atoms with van der Waals surface area (Å²) in [5.74, 6) is -0.869. The molecule has 5 nitrogen and oxygen atoms in total. The Labute approximate surface area is 133 Å². The van der Waals surface area contributed by atoms with Crippen LogP contribution in [0.1, 0.15) is 0 Å². The van der Waals surface area contributed by atoms with E-state index in [-0.39, 0.29) is 5.88 Å². The fourth-order valence-corrected chi connectivity index (χ4v) is 2.18. The Kier molecular flexibility index (Phi) is 4.29. The highest BCUT2D eigenvalue weighted by molar-refractivity contribution is 5.78. The number of benzene rings is 2. The minimum atomic E-state index is -1.06. The number of carboxylic acids is 1. The Morgan fingerprint density at radius 3 is 2.04 bits per heavy atom. The normalized spacial score (nSPS) is 10.3. The summed E-state index contributed by atoms with van der Waals surface area (Å²) in [6, 6.07) is 19.3. The van der Waals surface area contributed by atoms with Gasteiger partial charge in [-0.2, -0.15) is 0 Å². The molecule has 1 heterocycles. The van der Waals surface area contributed by atoms with Gasteiger partial charge in [0.1, 0.15) is 5.69 Å². The monoisotopic (exact) mass is 306 g/mol. The van der Waals surface area contributed by atoms with Crippen molar-refractivity contribution in [2.75, 3.05) is 6.61 Å². The van der Waals surface area contributed by atoms with E-state index in [0.717, 1.165) is 16.8 Å². The number of hydrogen-bond acceptors (Lipinski definition) is 4. The molecule has 0 radical (unpaired) electrons. The SMILES string of the molecule is O=C(O)COc1cnc(-c2ccccc2)c(-c2ccccc2)n1. The number of hydrogen-bond donors (Lipinski definition) is 1. The molecule has 2 aromatic carbocycles. The number of rotatable bonds is 5. The predicted octanol–water partition coefficient (Wildman–Crippen LogP) is 3.27. The molecule has 114 valence electrons. The maximum atomic E-state index is 10.6. The van der Waals surface area contributed by atoms with Crippen LogP contribution in [0.5, 0.6) is 5.88 Å². The molecule has 0 aliphatic heterocycles. The molecule has 0 spiro atoms. The van der Waals surface area contributed by atoms with E-state index in [0.29, 0.717) is 5.69 Å². The first-order chi connectivity index (χ1) is 11.2.